The first-order chi connectivity index (χ1) is 20.8. The third-order valence-electron chi connectivity index (χ3n) is 7.17. The molecule has 13 nitrogen and oxygen atoms in total. The van der Waals surface area contributed by atoms with Gasteiger partial charge in [0, 0.05) is 6.42 Å². The van der Waals surface area contributed by atoms with E-state index in [1.165, 1.54) is 0 Å². The summed E-state index contributed by atoms with van der Waals surface area (Å²) in [4.78, 5) is 75.8. The van der Waals surface area contributed by atoms with Crippen molar-refractivity contribution >= 4 is 46.3 Å². The average Bonchev–Trinajstić information content (AvgIpc) is 2.97. The standard InChI is InChI=1S/C31H40N6O7/c1-5-18(4)25(37-29(41)24(14-17(2)3)36-31(43)44)26(38)30(42)34-22(12-13-32)28(40)35-23(27(33)39)16-19-10-11-20-8-6-7-9-21(20)15-19/h6-11,15,17-18,22-25,36H,5,12,14,16H2,1-4H3,(H2,33,39)(H,34,42)(H,35,40)(H,37,41)(H,43,44)/t18-,22-,23-,24-,25?/m0/s1. The summed E-state index contributed by atoms with van der Waals surface area (Å²) in [6, 6.07) is 9.67. The summed E-state index contributed by atoms with van der Waals surface area (Å²) in [5.41, 5.74) is 6.26. The predicted molar refractivity (Wildman–Crippen MR) is 162 cm³/mol. The van der Waals surface area contributed by atoms with Gasteiger partial charge in [0.2, 0.25) is 23.5 Å². The van der Waals surface area contributed by atoms with Gasteiger partial charge >= 0.3 is 6.09 Å². The SMILES string of the molecule is CC[C@H](C)C(NC(=O)[C@H](CC(C)C)NC(=O)O)C(=O)C(=O)N[C@@H](CC#N)C(=O)N[C@@H](Cc1ccc2ccccc2c1)C(N)=O. The second-order valence-corrected chi connectivity index (χ2v) is 11.1. The number of primary amides is 1. The molecule has 0 saturated carbocycles. The summed E-state index contributed by atoms with van der Waals surface area (Å²) < 4.78 is 0. The number of hydrogen-bond acceptors (Lipinski definition) is 7. The molecular weight excluding hydrogens is 568 g/mol. The molecule has 0 aliphatic rings. The number of ketones is 1. The molecular formula is C31H40N6O7. The molecule has 0 bridgehead atoms. The number of nitriles is 1. The van der Waals surface area contributed by atoms with Crippen LogP contribution in [0.1, 0.15) is 52.5 Å². The van der Waals surface area contributed by atoms with E-state index in [2.05, 4.69) is 21.3 Å². The number of carbonyl (C=O) groups is 6. The van der Waals surface area contributed by atoms with Crippen molar-refractivity contribution in [2.75, 3.05) is 0 Å². The van der Waals surface area contributed by atoms with E-state index in [1.807, 2.05) is 36.4 Å². The molecule has 1 unspecified atom stereocenters. The number of carboxylic acid groups (broad SMARTS) is 1. The van der Waals surface area contributed by atoms with Gasteiger partial charge in [0.15, 0.2) is 0 Å². The Morgan fingerprint density at radius 2 is 1.50 bits per heavy atom. The van der Waals surface area contributed by atoms with E-state index in [0.29, 0.717) is 12.0 Å². The van der Waals surface area contributed by atoms with E-state index in [4.69, 9.17) is 10.8 Å². The molecule has 0 aliphatic heterocycles. The molecule has 44 heavy (non-hydrogen) atoms. The first kappa shape index (κ1) is 35.2. The topological polar surface area (TPSA) is 221 Å². The zero-order valence-corrected chi connectivity index (χ0v) is 25.3. The first-order valence-electron chi connectivity index (χ1n) is 14.4. The van der Waals surface area contributed by atoms with Crippen LogP contribution < -0.4 is 27.0 Å². The van der Waals surface area contributed by atoms with Crippen molar-refractivity contribution in [1.29, 1.82) is 5.26 Å². The Hall–Kier alpha value is -4.99. The molecule has 7 N–H and O–H groups in total. The van der Waals surface area contributed by atoms with Gasteiger partial charge < -0.3 is 32.1 Å². The maximum Gasteiger partial charge on any atom is 0.405 e. The van der Waals surface area contributed by atoms with Crippen LogP contribution in [0.2, 0.25) is 0 Å². The lowest BCUT2D eigenvalue weighted by Crippen LogP contribution is -2.58. The molecule has 5 amide bonds. The lowest BCUT2D eigenvalue weighted by atomic mass is 9.93. The zero-order chi connectivity index (χ0) is 33.0. The first-order valence-corrected chi connectivity index (χ1v) is 14.4. The van der Waals surface area contributed by atoms with Gasteiger partial charge in [-0.3, -0.25) is 24.0 Å². The number of hydrogen-bond donors (Lipinski definition) is 6. The minimum Gasteiger partial charge on any atom is -0.465 e. The largest absolute Gasteiger partial charge is 0.465 e. The fourth-order valence-corrected chi connectivity index (χ4v) is 4.58. The molecule has 0 aliphatic carbocycles. The molecule has 2 rings (SSSR count). The number of rotatable bonds is 16. The van der Waals surface area contributed by atoms with Gasteiger partial charge in [0.05, 0.1) is 18.5 Å². The van der Waals surface area contributed by atoms with E-state index in [1.54, 1.807) is 39.8 Å². The number of nitrogens with two attached hydrogens (primary N) is 1. The molecule has 0 radical (unpaired) electrons. The van der Waals surface area contributed by atoms with Gasteiger partial charge in [0.1, 0.15) is 18.1 Å². The Morgan fingerprint density at radius 1 is 0.864 bits per heavy atom. The van der Waals surface area contributed by atoms with Crippen molar-refractivity contribution < 1.29 is 33.9 Å². The van der Waals surface area contributed by atoms with Crippen LogP contribution >= 0.6 is 0 Å². The van der Waals surface area contributed by atoms with Gasteiger partial charge in [-0.2, -0.15) is 5.26 Å². The summed E-state index contributed by atoms with van der Waals surface area (Å²) in [6.07, 6.45) is -1.37. The lowest BCUT2D eigenvalue weighted by Gasteiger charge is -2.27. The number of carbonyl (C=O) groups excluding carboxylic acids is 5. The maximum atomic E-state index is 13.2. The molecule has 13 heteroatoms. The fraction of sp³-hybridized carbons (Fsp3) is 0.452. The zero-order valence-electron chi connectivity index (χ0n) is 25.3. The van der Waals surface area contributed by atoms with Crippen LogP contribution in [0, 0.1) is 23.2 Å². The molecule has 0 spiro atoms. The quantitative estimate of drug-likeness (QED) is 0.153. The second kappa shape index (κ2) is 16.6. The van der Waals surface area contributed by atoms with Crippen molar-refractivity contribution in [2.45, 2.75) is 77.5 Å². The van der Waals surface area contributed by atoms with Crippen molar-refractivity contribution in [1.82, 2.24) is 21.3 Å². The van der Waals surface area contributed by atoms with E-state index in [9.17, 15) is 34.0 Å². The molecule has 0 aromatic heterocycles. The molecule has 2 aromatic carbocycles. The highest BCUT2D eigenvalue weighted by atomic mass is 16.4. The highest BCUT2D eigenvalue weighted by Crippen LogP contribution is 2.17. The van der Waals surface area contributed by atoms with Crippen LogP contribution in [0.3, 0.4) is 0 Å². The van der Waals surface area contributed by atoms with E-state index < -0.39 is 72.0 Å². The summed E-state index contributed by atoms with van der Waals surface area (Å²) in [5, 5.41) is 29.7. The maximum absolute atomic E-state index is 13.2. The molecule has 236 valence electrons. The van der Waals surface area contributed by atoms with Crippen LogP contribution in [0.4, 0.5) is 4.79 Å². The minimum atomic E-state index is -1.51. The highest BCUT2D eigenvalue weighted by molar-refractivity contribution is 6.39. The molecule has 0 heterocycles. The van der Waals surface area contributed by atoms with Crippen molar-refractivity contribution in [3.05, 3.63) is 48.0 Å². The summed E-state index contributed by atoms with van der Waals surface area (Å²) in [5.74, 6) is -5.43. The number of amides is 5. The average molecular weight is 609 g/mol. The summed E-state index contributed by atoms with van der Waals surface area (Å²) in [7, 11) is 0. The Kier molecular flexibility index (Phi) is 13.3. The third kappa shape index (κ3) is 10.4. The van der Waals surface area contributed by atoms with E-state index in [-0.39, 0.29) is 18.8 Å². The van der Waals surface area contributed by atoms with Gasteiger partial charge in [-0.15, -0.1) is 0 Å². The monoisotopic (exact) mass is 608 g/mol. The third-order valence-corrected chi connectivity index (χ3v) is 7.17. The van der Waals surface area contributed by atoms with Crippen molar-refractivity contribution in [3.8, 4) is 6.07 Å². The Labute approximate surface area is 255 Å². The van der Waals surface area contributed by atoms with Gasteiger partial charge in [-0.05, 0) is 34.6 Å². The van der Waals surface area contributed by atoms with Crippen molar-refractivity contribution in [2.24, 2.45) is 17.6 Å². The predicted octanol–water partition coefficient (Wildman–Crippen LogP) is 1.53. The van der Waals surface area contributed by atoms with Crippen molar-refractivity contribution in [3.63, 3.8) is 0 Å². The number of benzene rings is 2. The Morgan fingerprint density at radius 3 is 2.07 bits per heavy atom. The molecule has 0 fully saturated rings. The van der Waals surface area contributed by atoms with Crippen LogP contribution in [0.5, 0.6) is 0 Å². The fourth-order valence-electron chi connectivity index (χ4n) is 4.58. The van der Waals surface area contributed by atoms with Crippen LogP contribution in [0.25, 0.3) is 10.8 Å². The number of fused-ring (bicyclic) bond motifs is 1. The van der Waals surface area contributed by atoms with Crippen LogP contribution in [-0.4, -0.2) is 64.8 Å². The minimum absolute atomic E-state index is 0.0438. The smallest absolute Gasteiger partial charge is 0.405 e. The van der Waals surface area contributed by atoms with Gasteiger partial charge in [-0.25, -0.2) is 4.79 Å². The van der Waals surface area contributed by atoms with E-state index >= 15 is 0 Å². The summed E-state index contributed by atoms with van der Waals surface area (Å²) in [6.45, 7) is 6.95. The Balaban J connectivity index is 2.18. The normalized spacial score (nSPS) is 14.3. The lowest BCUT2D eigenvalue weighted by molar-refractivity contribution is -0.142. The van der Waals surface area contributed by atoms with E-state index in [0.717, 1.165) is 10.8 Å². The second-order valence-electron chi connectivity index (χ2n) is 11.1. The van der Waals surface area contributed by atoms with Gasteiger partial charge in [0.25, 0.3) is 5.91 Å². The number of Topliss-reactive ketones (excluding diaryl/α,β-unsaturated/α-hetero) is 1. The molecule has 0 saturated heterocycles. The number of nitrogens with one attached hydrogen (secondary N) is 4. The van der Waals surface area contributed by atoms with Crippen LogP contribution in [-0.2, 0) is 30.4 Å². The molecule has 5 atom stereocenters. The Bertz CT molecular complexity index is 1420. The highest BCUT2D eigenvalue weighted by Gasteiger charge is 2.35. The van der Waals surface area contributed by atoms with Crippen LogP contribution in [0.15, 0.2) is 42.5 Å². The molecule has 2 aromatic rings. The number of nitrogens with zero attached hydrogens (tertiary/aromatic N) is 1. The van der Waals surface area contributed by atoms with Gasteiger partial charge in [-0.1, -0.05) is 76.6 Å². The summed E-state index contributed by atoms with van der Waals surface area (Å²) >= 11 is 0.